The first-order chi connectivity index (χ1) is 14.4. The van der Waals surface area contributed by atoms with Crippen molar-refractivity contribution in [2.45, 2.75) is 89.6 Å². The van der Waals surface area contributed by atoms with Crippen molar-refractivity contribution in [3.05, 3.63) is 59.7 Å². The summed E-state index contributed by atoms with van der Waals surface area (Å²) in [5, 5.41) is 0. The summed E-state index contributed by atoms with van der Waals surface area (Å²) in [6.45, 7) is 3.91. The maximum atomic E-state index is 14.2. The van der Waals surface area contributed by atoms with Gasteiger partial charge in [0.1, 0.15) is 0 Å². The van der Waals surface area contributed by atoms with Crippen molar-refractivity contribution in [2.75, 3.05) is 0 Å². The Morgan fingerprint density at radius 2 is 1.40 bits per heavy atom. The molecule has 0 saturated heterocycles. The van der Waals surface area contributed by atoms with Crippen LogP contribution in [0.25, 0.3) is 11.1 Å². The van der Waals surface area contributed by atoms with E-state index in [-0.39, 0.29) is 12.0 Å². The second kappa shape index (κ2) is 10.5. The van der Waals surface area contributed by atoms with Crippen LogP contribution in [-0.4, -0.2) is 5.92 Å². The highest BCUT2D eigenvalue weighted by molar-refractivity contribution is 5.64. The average Bonchev–Trinajstić information content (AvgIpc) is 2.78. The summed E-state index contributed by atoms with van der Waals surface area (Å²) >= 11 is 0. The van der Waals surface area contributed by atoms with Crippen LogP contribution < -0.4 is 0 Å². The molecule has 0 aliphatic heterocycles. The third-order valence-corrected chi connectivity index (χ3v) is 6.69. The Morgan fingerprint density at radius 3 is 1.93 bits per heavy atom. The lowest BCUT2D eigenvalue weighted by molar-refractivity contribution is -0.0807. The molecule has 2 aromatic carbocycles. The predicted molar refractivity (Wildman–Crippen MR) is 120 cm³/mol. The van der Waals surface area contributed by atoms with Gasteiger partial charge in [-0.25, -0.2) is 13.2 Å². The fourth-order valence-electron chi connectivity index (χ4n) is 4.77. The molecule has 0 nitrogen and oxygen atoms in total. The van der Waals surface area contributed by atoms with E-state index in [4.69, 9.17) is 0 Å². The number of benzene rings is 2. The summed E-state index contributed by atoms with van der Waals surface area (Å²) in [6.07, 6.45) is 6.80. The number of hydrogen-bond acceptors (Lipinski definition) is 0. The van der Waals surface area contributed by atoms with Gasteiger partial charge in [0.2, 0.25) is 0 Å². The summed E-state index contributed by atoms with van der Waals surface area (Å²) in [4.78, 5) is 0. The summed E-state index contributed by atoms with van der Waals surface area (Å²) in [6, 6.07) is 15.1. The number of hydrogen-bond donors (Lipinski definition) is 0. The van der Waals surface area contributed by atoms with Crippen molar-refractivity contribution in [2.24, 2.45) is 5.92 Å². The van der Waals surface area contributed by atoms with E-state index in [1.807, 2.05) is 0 Å². The molecule has 1 saturated carbocycles. The minimum absolute atomic E-state index is 0.0497. The van der Waals surface area contributed by atoms with E-state index in [9.17, 15) is 13.2 Å². The number of unbranched alkanes of at least 4 members (excludes halogenated alkanes) is 1. The van der Waals surface area contributed by atoms with E-state index in [2.05, 4.69) is 31.2 Å². The minimum Gasteiger partial charge on any atom is -0.236 e. The molecule has 1 unspecified atom stereocenters. The smallest absolute Gasteiger partial charge is 0.236 e. The molecule has 0 radical (unpaired) electrons. The zero-order valence-electron chi connectivity index (χ0n) is 18.3. The van der Waals surface area contributed by atoms with Crippen LogP contribution in [0.4, 0.5) is 13.2 Å². The monoisotopic (exact) mass is 416 g/mol. The summed E-state index contributed by atoms with van der Waals surface area (Å²) in [7, 11) is 0. The van der Waals surface area contributed by atoms with Crippen LogP contribution in [0, 0.1) is 5.92 Å². The van der Waals surface area contributed by atoms with Crippen LogP contribution in [0.2, 0.25) is 0 Å². The highest BCUT2D eigenvalue weighted by Gasteiger charge is 2.39. The van der Waals surface area contributed by atoms with Gasteiger partial charge in [0.25, 0.3) is 5.92 Å². The minimum atomic E-state index is -3.31. The van der Waals surface area contributed by atoms with Crippen LogP contribution in [0.1, 0.15) is 94.9 Å². The van der Waals surface area contributed by atoms with Gasteiger partial charge in [-0.2, -0.15) is 0 Å². The van der Waals surface area contributed by atoms with Crippen molar-refractivity contribution in [1.29, 1.82) is 0 Å². The first-order valence-electron chi connectivity index (χ1n) is 11.7. The molecule has 3 rings (SSSR count). The molecule has 0 amide bonds. The zero-order chi connectivity index (χ0) is 21.6. The van der Waals surface area contributed by atoms with Crippen molar-refractivity contribution >= 4 is 0 Å². The standard InChI is InChI=1S/C27H35F3/c1-3-5-6-20-7-9-21(10-8-20)22-11-13-23(14-12-22)24-15-17-25(18-16-24)26(28)27(29,30)19-4-2/h11-18,20-21,26H,3-10,19H2,1-2H3. The lowest BCUT2D eigenvalue weighted by Gasteiger charge is -2.29. The van der Waals surface area contributed by atoms with E-state index in [1.54, 1.807) is 19.1 Å². The second-order valence-corrected chi connectivity index (χ2v) is 8.98. The molecule has 164 valence electrons. The van der Waals surface area contributed by atoms with E-state index >= 15 is 0 Å². The van der Waals surface area contributed by atoms with E-state index in [0.29, 0.717) is 5.92 Å². The maximum absolute atomic E-state index is 14.2. The summed E-state index contributed by atoms with van der Waals surface area (Å²) in [5.41, 5.74) is 3.42. The Morgan fingerprint density at radius 1 is 0.833 bits per heavy atom. The Bertz CT molecular complexity index is 756. The van der Waals surface area contributed by atoms with E-state index < -0.39 is 18.5 Å². The van der Waals surface area contributed by atoms with Gasteiger partial charge in [-0.05, 0) is 59.8 Å². The highest BCUT2D eigenvalue weighted by atomic mass is 19.3. The van der Waals surface area contributed by atoms with Crippen LogP contribution in [-0.2, 0) is 0 Å². The normalized spacial score (nSPS) is 20.8. The first kappa shape index (κ1) is 22.9. The van der Waals surface area contributed by atoms with E-state index in [1.165, 1.54) is 62.6 Å². The summed E-state index contributed by atoms with van der Waals surface area (Å²) < 4.78 is 42.0. The van der Waals surface area contributed by atoms with Gasteiger partial charge in [0.05, 0.1) is 0 Å². The molecule has 3 heteroatoms. The SMILES string of the molecule is CCCCC1CCC(c2ccc(-c3ccc(C(F)C(F)(F)CCC)cc3)cc2)CC1. The molecular formula is C27H35F3. The first-order valence-corrected chi connectivity index (χ1v) is 11.7. The van der Waals surface area contributed by atoms with Crippen molar-refractivity contribution in [1.82, 2.24) is 0 Å². The predicted octanol–water partition coefficient (Wildman–Crippen LogP) is 9.26. The third kappa shape index (κ3) is 5.68. The molecule has 0 N–H and O–H groups in total. The van der Waals surface area contributed by atoms with Crippen molar-refractivity contribution in [3.63, 3.8) is 0 Å². The van der Waals surface area contributed by atoms with Crippen molar-refractivity contribution in [3.8, 4) is 11.1 Å². The van der Waals surface area contributed by atoms with Crippen LogP contribution in [0.5, 0.6) is 0 Å². The molecular weight excluding hydrogens is 381 g/mol. The molecule has 0 bridgehead atoms. The molecule has 2 aromatic rings. The van der Waals surface area contributed by atoms with Gasteiger partial charge in [0.15, 0.2) is 6.17 Å². The molecule has 0 heterocycles. The quantitative estimate of drug-likeness (QED) is 0.382. The molecule has 0 aromatic heterocycles. The van der Waals surface area contributed by atoms with Crippen LogP contribution >= 0.6 is 0 Å². The molecule has 1 fully saturated rings. The Balaban J connectivity index is 1.61. The molecule has 1 atom stereocenters. The van der Waals surface area contributed by atoms with Crippen molar-refractivity contribution < 1.29 is 13.2 Å². The molecule has 1 aliphatic carbocycles. The molecule has 1 aliphatic rings. The fourth-order valence-corrected chi connectivity index (χ4v) is 4.77. The van der Waals surface area contributed by atoms with Gasteiger partial charge >= 0.3 is 0 Å². The fraction of sp³-hybridized carbons (Fsp3) is 0.556. The number of halogens is 3. The number of alkyl halides is 3. The average molecular weight is 417 g/mol. The Labute approximate surface area is 179 Å². The Hall–Kier alpha value is -1.77. The molecule has 0 spiro atoms. The maximum Gasteiger partial charge on any atom is 0.282 e. The zero-order valence-corrected chi connectivity index (χ0v) is 18.3. The topological polar surface area (TPSA) is 0 Å². The lowest BCUT2D eigenvalue weighted by Crippen LogP contribution is -2.22. The largest absolute Gasteiger partial charge is 0.282 e. The van der Waals surface area contributed by atoms with Gasteiger partial charge in [-0.15, -0.1) is 0 Å². The van der Waals surface area contributed by atoms with Crippen LogP contribution in [0.3, 0.4) is 0 Å². The highest BCUT2D eigenvalue weighted by Crippen LogP contribution is 2.40. The van der Waals surface area contributed by atoms with Gasteiger partial charge in [-0.1, -0.05) is 88.1 Å². The Kier molecular flexibility index (Phi) is 8.02. The molecule has 30 heavy (non-hydrogen) atoms. The van der Waals surface area contributed by atoms with Gasteiger partial charge in [0, 0.05) is 6.42 Å². The van der Waals surface area contributed by atoms with Gasteiger partial charge < -0.3 is 0 Å². The summed E-state index contributed by atoms with van der Waals surface area (Å²) in [5.74, 6) is -1.76. The number of rotatable bonds is 9. The van der Waals surface area contributed by atoms with E-state index in [0.717, 1.165) is 17.0 Å². The third-order valence-electron chi connectivity index (χ3n) is 6.69. The van der Waals surface area contributed by atoms with Crippen LogP contribution in [0.15, 0.2) is 48.5 Å². The van der Waals surface area contributed by atoms with Gasteiger partial charge in [-0.3, -0.25) is 0 Å². The second-order valence-electron chi connectivity index (χ2n) is 8.98. The lowest BCUT2D eigenvalue weighted by atomic mass is 9.77.